The van der Waals surface area contributed by atoms with E-state index in [-0.39, 0.29) is 23.9 Å². The molecule has 20 heavy (non-hydrogen) atoms. The Labute approximate surface area is 123 Å². The van der Waals surface area contributed by atoms with Crippen molar-refractivity contribution in [3.63, 3.8) is 0 Å². The van der Waals surface area contributed by atoms with Gasteiger partial charge in [0.25, 0.3) is 0 Å². The maximum atomic E-state index is 12.2. The van der Waals surface area contributed by atoms with Crippen LogP contribution in [0.4, 0.5) is 0 Å². The van der Waals surface area contributed by atoms with Crippen LogP contribution in [0.2, 0.25) is 0 Å². The Hall–Kier alpha value is -1.10. The highest BCUT2D eigenvalue weighted by atomic mass is 16.2. The molecule has 1 unspecified atom stereocenters. The van der Waals surface area contributed by atoms with E-state index in [4.69, 9.17) is 11.5 Å². The zero-order valence-corrected chi connectivity index (χ0v) is 13.6. The van der Waals surface area contributed by atoms with E-state index in [2.05, 4.69) is 20.8 Å². The molecule has 5 heteroatoms. The maximum absolute atomic E-state index is 12.2. The summed E-state index contributed by atoms with van der Waals surface area (Å²) < 4.78 is 0. The summed E-state index contributed by atoms with van der Waals surface area (Å²) in [5.41, 5.74) is 11.0. The fraction of sp³-hybridized carbons (Fsp3) is 0.867. The zero-order valence-electron chi connectivity index (χ0n) is 13.6. The minimum atomic E-state index is -0.471. The van der Waals surface area contributed by atoms with Crippen LogP contribution < -0.4 is 11.5 Å². The lowest BCUT2D eigenvalue weighted by Crippen LogP contribution is -2.43. The van der Waals surface area contributed by atoms with Crippen molar-refractivity contribution in [1.82, 2.24) is 4.90 Å². The van der Waals surface area contributed by atoms with Gasteiger partial charge < -0.3 is 16.4 Å². The average molecular weight is 285 g/mol. The molecule has 1 atom stereocenters. The number of hydrogen-bond donors (Lipinski definition) is 2. The van der Waals surface area contributed by atoms with Crippen LogP contribution in [0, 0.1) is 11.3 Å². The Bertz CT molecular complexity index is 322. The number of amides is 2. The molecule has 4 N–H and O–H groups in total. The van der Waals surface area contributed by atoms with E-state index in [1.54, 1.807) is 4.90 Å². The van der Waals surface area contributed by atoms with Crippen molar-refractivity contribution >= 4 is 11.8 Å². The van der Waals surface area contributed by atoms with Crippen molar-refractivity contribution in [3.8, 4) is 0 Å². The van der Waals surface area contributed by atoms with Gasteiger partial charge in [-0.3, -0.25) is 9.59 Å². The van der Waals surface area contributed by atoms with E-state index < -0.39 is 5.91 Å². The third-order valence-electron chi connectivity index (χ3n) is 3.72. The van der Waals surface area contributed by atoms with Gasteiger partial charge >= 0.3 is 0 Å². The van der Waals surface area contributed by atoms with Gasteiger partial charge in [0.15, 0.2) is 0 Å². The summed E-state index contributed by atoms with van der Waals surface area (Å²) in [6.07, 6.45) is 2.14. The third kappa shape index (κ3) is 6.89. The van der Waals surface area contributed by atoms with Crippen molar-refractivity contribution in [2.24, 2.45) is 22.8 Å². The molecule has 0 aliphatic carbocycles. The standard InChI is InChI=1S/C15H31N3O2/c1-11(2)18(10-13(17)19)14(20)7-6-12(8-9-16)15(3,4)5/h11-12H,6-10,16H2,1-5H3,(H2,17,19). The van der Waals surface area contributed by atoms with Gasteiger partial charge in [-0.2, -0.15) is 0 Å². The van der Waals surface area contributed by atoms with Crippen LogP contribution in [0.1, 0.15) is 53.9 Å². The fourth-order valence-corrected chi connectivity index (χ4v) is 2.38. The van der Waals surface area contributed by atoms with Gasteiger partial charge in [0.2, 0.25) is 11.8 Å². The van der Waals surface area contributed by atoms with E-state index in [1.165, 1.54) is 0 Å². The van der Waals surface area contributed by atoms with Crippen molar-refractivity contribution in [2.45, 2.75) is 59.9 Å². The lowest BCUT2D eigenvalue weighted by Gasteiger charge is -2.32. The number of nitrogens with two attached hydrogens (primary N) is 2. The van der Waals surface area contributed by atoms with Crippen LogP contribution in [-0.4, -0.2) is 35.8 Å². The van der Waals surface area contributed by atoms with E-state index in [0.29, 0.717) is 18.9 Å². The number of rotatable bonds is 8. The number of nitrogens with zero attached hydrogens (tertiary/aromatic N) is 1. The van der Waals surface area contributed by atoms with Crippen molar-refractivity contribution in [2.75, 3.05) is 13.1 Å². The summed E-state index contributed by atoms with van der Waals surface area (Å²) in [5.74, 6) is -0.0782. The quantitative estimate of drug-likeness (QED) is 0.708. The molecular formula is C15H31N3O2. The third-order valence-corrected chi connectivity index (χ3v) is 3.72. The molecule has 0 fully saturated rings. The summed E-state index contributed by atoms with van der Waals surface area (Å²) in [7, 11) is 0. The molecule has 0 radical (unpaired) electrons. The molecule has 0 rings (SSSR count). The van der Waals surface area contributed by atoms with Crippen LogP contribution in [0.3, 0.4) is 0 Å². The minimum Gasteiger partial charge on any atom is -0.368 e. The van der Waals surface area contributed by atoms with Gasteiger partial charge in [-0.25, -0.2) is 0 Å². The van der Waals surface area contributed by atoms with Crippen LogP contribution in [0.25, 0.3) is 0 Å². The first-order valence-electron chi connectivity index (χ1n) is 7.37. The molecule has 0 saturated carbocycles. The normalized spacial score (nSPS) is 13.3. The SMILES string of the molecule is CC(C)N(CC(N)=O)C(=O)CCC(CCN)C(C)(C)C. The summed E-state index contributed by atoms with van der Waals surface area (Å²) >= 11 is 0. The molecule has 0 aliphatic rings. The van der Waals surface area contributed by atoms with Crippen LogP contribution >= 0.6 is 0 Å². The summed E-state index contributed by atoms with van der Waals surface area (Å²) in [6, 6.07) is -0.0161. The largest absolute Gasteiger partial charge is 0.368 e. The highest BCUT2D eigenvalue weighted by molar-refractivity contribution is 5.84. The molecule has 0 heterocycles. The Balaban J connectivity index is 4.59. The second kappa shape index (κ2) is 8.25. The smallest absolute Gasteiger partial charge is 0.237 e. The monoisotopic (exact) mass is 285 g/mol. The molecule has 0 aliphatic heterocycles. The number of primary amides is 1. The topological polar surface area (TPSA) is 89.4 Å². The lowest BCUT2D eigenvalue weighted by molar-refractivity contribution is -0.137. The lowest BCUT2D eigenvalue weighted by atomic mass is 9.76. The molecule has 2 amide bonds. The Kier molecular flexibility index (Phi) is 7.79. The second-order valence-electron chi connectivity index (χ2n) is 6.76. The van der Waals surface area contributed by atoms with Crippen molar-refractivity contribution < 1.29 is 9.59 Å². The molecular weight excluding hydrogens is 254 g/mol. The van der Waals surface area contributed by atoms with Crippen LogP contribution in [0.15, 0.2) is 0 Å². The first kappa shape index (κ1) is 18.9. The summed E-state index contributed by atoms with van der Waals surface area (Å²) in [6.45, 7) is 10.9. The summed E-state index contributed by atoms with van der Waals surface area (Å²) in [4.78, 5) is 24.8. The molecule has 0 spiro atoms. The van der Waals surface area contributed by atoms with Gasteiger partial charge in [0, 0.05) is 12.5 Å². The highest BCUT2D eigenvalue weighted by Crippen LogP contribution is 2.32. The minimum absolute atomic E-state index is 0.00638. The number of carbonyl (C=O) groups excluding carboxylic acids is 2. The van der Waals surface area contributed by atoms with Gasteiger partial charge in [0.05, 0.1) is 6.54 Å². The average Bonchev–Trinajstić information content (AvgIpc) is 2.28. The molecule has 118 valence electrons. The number of carbonyl (C=O) groups is 2. The molecule has 0 saturated heterocycles. The summed E-state index contributed by atoms with van der Waals surface area (Å²) in [5, 5.41) is 0. The highest BCUT2D eigenvalue weighted by Gasteiger charge is 2.26. The molecule has 0 aromatic carbocycles. The molecule has 0 bridgehead atoms. The van der Waals surface area contributed by atoms with E-state index in [9.17, 15) is 9.59 Å². The molecule has 0 aromatic heterocycles. The maximum Gasteiger partial charge on any atom is 0.237 e. The van der Waals surface area contributed by atoms with Gasteiger partial charge in [-0.15, -0.1) is 0 Å². The predicted molar refractivity (Wildman–Crippen MR) is 81.9 cm³/mol. The number of hydrogen-bond acceptors (Lipinski definition) is 3. The first-order valence-corrected chi connectivity index (χ1v) is 7.37. The van der Waals surface area contributed by atoms with Crippen molar-refractivity contribution in [3.05, 3.63) is 0 Å². The second-order valence-corrected chi connectivity index (χ2v) is 6.76. The van der Waals surface area contributed by atoms with E-state index >= 15 is 0 Å². The molecule has 5 nitrogen and oxygen atoms in total. The van der Waals surface area contributed by atoms with Gasteiger partial charge in [-0.05, 0) is 44.6 Å². The Morgan fingerprint density at radius 3 is 2.05 bits per heavy atom. The van der Waals surface area contributed by atoms with Crippen molar-refractivity contribution in [1.29, 1.82) is 0 Å². The van der Waals surface area contributed by atoms with E-state index in [1.807, 2.05) is 13.8 Å². The zero-order chi connectivity index (χ0) is 15.9. The van der Waals surface area contributed by atoms with Crippen LogP contribution in [0.5, 0.6) is 0 Å². The predicted octanol–water partition coefficient (Wildman–Crippen LogP) is 1.50. The Morgan fingerprint density at radius 2 is 1.70 bits per heavy atom. The fourth-order valence-electron chi connectivity index (χ4n) is 2.38. The van der Waals surface area contributed by atoms with E-state index in [0.717, 1.165) is 12.8 Å². The van der Waals surface area contributed by atoms with Gasteiger partial charge in [-0.1, -0.05) is 20.8 Å². The first-order chi connectivity index (χ1) is 9.09. The molecule has 0 aromatic rings. The van der Waals surface area contributed by atoms with Crippen LogP contribution in [-0.2, 0) is 9.59 Å². The van der Waals surface area contributed by atoms with Gasteiger partial charge in [0.1, 0.15) is 0 Å². The Morgan fingerprint density at radius 1 is 1.15 bits per heavy atom.